The topological polar surface area (TPSA) is 44.8 Å². The number of hydrogen-bond acceptors (Lipinski definition) is 3. The number of amides is 2. The fourth-order valence-corrected chi connectivity index (χ4v) is 3.64. The van der Waals surface area contributed by atoms with Crippen LogP contribution in [-0.2, 0) is 17.9 Å². The molecule has 5 heteroatoms. The lowest BCUT2D eigenvalue weighted by Gasteiger charge is -2.22. The first-order valence-corrected chi connectivity index (χ1v) is 10.1. The summed E-state index contributed by atoms with van der Waals surface area (Å²) in [4.78, 5) is 16.8. The Hall–Kier alpha value is -2.37. The second-order valence-electron chi connectivity index (χ2n) is 7.52. The van der Waals surface area contributed by atoms with Gasteiger partial charge in [-0.1, -0.05) is 42.5 Å². The maximum Gasteiger partial charge on any atom is 0.321 e. The van der Waals surface area contributed by atoms with E-state index in [1.807, 2.05) is 38.2 Å². The Morgan fingerprint density at radius 2 is 1.89 bits per heavy atom. The molecule has 0 bridgehead atoms. The van der Waals surface area contributed by atoms with Gasteiger partial charge in [0.1, 0.15) is 0 Å². The van der Waals surface area contributed by atoms with Gasteiger partial charge in [0.15, 0.2) is 0 Å². The van der Waals surface area contributed by atoms with Gasteiger partial charge in [-0.3, -0.25) is 4.90 Å². The van der Waals surface area contributed by atoms with Gasteiger partial charge >= 0.3 is 6.03 Å². The average molecular weight is 382 g/mol. The van der Waals surface area contributed by atoms with Crippen molar-refractivity contribution in [2.75, 3.05) is 38.6 Å². The molecular weight excluding hydrogens is 350 g/mol. The van der Waals surface area contributed by atoms with Crippen LogP contribution in [0.5, 0.6) is 0 Å². The molecule has 28 heavy (non-hydrogen) atoms. The van der Waals surface area contributed by atoms with E-state index in [0.29, 0.717) is 19.1 Å². The number of carbonyl (C=O) groups is 1. The number of anilines is 1. The summed E-state index contributed by atoms with van der Waals surface area (Å²) in [5.74, 6) is 0.521. The molecule has 2 aromatic carbocycles. The minimum absolute atomic E-state index is 0.0564. The third-order valence-corrected chi connectivity index (χ3v) is 5.18. The number of rotatable bonds is 8. The van der Waals surface area contributed by atoms with Gasteiger partial charge in [0.2, 0.25) is 0 Å². The maximum absolute atomic E-state index is 12.5. The van der Waals surface area contributed by atoms with Crippen LogP contribution in [0.4, 0.5) is 10.5 Å². The van der Waals surface area contributed by atoms with Crippen LogP contribution in [0, 0.1) is 5.92 Å². The SMILES string of the molecule is CCOCc1ccc(NC(=O)N(C)C[C@H]2CCN(Cc3ccccc3)C2)cc1. The lowest BCUT2D eigenvalue weighted by molar-refractivity contribution is 0.134. The molecule has 1 aliphatic rings. The maximum atomic E-state index is 12.5. The van der Waals surface area contributed by atoms with Crippen LogP contribution in [0.3, 0.4) is 0 Å². The summed E-state index contributed by atoms with van der Waals surface area (Å²) in [5.41, 5.74) is 3.27. The molecule has 3 rings (SSSR count). The molecule has 1 fully saturated rings. The Labute approximate surface area is 168 Å². The van der Waals surface area contributed by atoms with Crippen molar-refractivity contribution < 1.29 is 9.53 Å². The highest BCUT2D eigenvalue weighted by molar-refractivity contribution is 5.89. The van der Waals surface area contributed by atoms with Crippen LogP contribution in [-0.4, -0.2) is 49.1 Å². The minimum Gasteiger partial charge on any atom is -0.377 e. The number of nitrogens with one attached hydrogen (secondary N) is 1. The van der Waals surface area contributed by atoms with Crippen LogP contribution in [0.25, 0.3) is 0 Å². The van der Waals surface area contributed by atoms with Crippen molar-refractivity contribution in [3.05, 3.63) is 65.7 Å². The van der Waals surface area contributed by atoms with E-state index in [2.05, 4.69) is 40.5 Å². The Morgan fingerprint density at radius 1 is 1.14 bits per heavy atom. The summed E-state index contributed by atoms with van der Waals surface area (Å²) in [5, 5.41) is 2.98. The second kappa shape index (κ2) is 10.2. The molecule has 0 radical (unpaired) electrons. The first kappa shape index (κ1) is 20.4. The van der Waals surface area contributed by atoms with Gasteiger partial charge < -0.3 is 15.0 Å². The van der Waals surface area contributed by atoms with Crippen LogP contribution >= 0.6 is 0 Å². The van der Waals surface area contributed by atoms with E-state index in [4.69, 9.17) is 4.74 Å². The third-order valence-electron chi connectivity index (χ3n) is 5.18. The molecule has 0 aliphatic carbocycles. The molecule has 2 aromatic rings. The number of nitrogens with zero attached hydrogens (tertiary/aromatic N) is 2. The van der Waals surface area contributed by atoms with E-state index in [-0.39, 0.29) is 6.03 Å². The smallest absolute Gasteiger partial charge is 0.321 e. The zero-order valence-electron chi connectivity index (χ0n) is 16.9. The number of hydrogen-bond donors (Lipinski definition) is 1. The van der Waals surface area contributed by atoms with Crippen molar-refractivity contribution >= 4 is 11.7 Å². The highest BCUT2D eigenvalue weighted by atomic mass is 16.5. The van der Waals surface area contributed by atoms with Gasteiger partial charge in [0.05, 0.1) is 6.61 Å². The third kappa shape index (κ3) is 6.08. The van der Waals surface area contributed by atoms with Gasteiger partial charge in [-0.15, -0.1) is 0 Å². The van der Waals surface area contributed by atoms with E-state index in [1.165, 1.54) is 5.56 Å². The average Bonchev–Trinajstić information content (AvgIpc) is 3.15. The molecule has 0 aromatic heterocycles. The van der Waals surface area contributed by atoms with Gasteiger partial charge in [0, 0.05) is 39.0 Å². The van der Waals surface area contributed by atoms with Gasteiger partial charge in [0.25, 0.3) is 0 Å². The molecule has 5 nitrogen and oxygen atoms in total. The summed E-state index contributed by atoms with van der Waals surface area (Å²) in [7, 11) is 1.87. The Balaban J connectivity index is 1.43. The molecule has 1 heterocycles. The van der Waals surface area contributed by atoms with Crippen LogP contribution < -0.4 is 5.32 Å². The minimum atomic E-state index is -0.0564. The molecular formula is C23H31N3O2. The van der Waals surface area contributed by atoms with Crippen LogP contribution in [0.15, 0.2) is 54.6 Å². The zero-order chi connectivity index (χ0) is 19.8. The van der Waals surface area contributed by atoms with E-state index < -0.39 is 0 Å². The summed E-state index contributed by atoms with van der Waals surface area (Å²) in [6.07, 6.45) is 1.14. The summed E-state index contributed by atoms with van der Waals surface area (Å²) in [6, 6.07) is 18.4. The van der Waals surface area contributed by atoms with Crippen molar-refractivity contribution in [3.8, 4) is 0 Å². The van der Waals surface area contributed by atoms with Gasteiger partial charge in [-0.25, -0.2) is 4.79 Å². The molecule has 1 saturated heterocycles. The molecule has 150 valence electrons. The highest BCUT2D eigenvalue weighted by Crippen LogP contribution is 2.20. The normalized spacial score (nSPS) is 16.9. The fourth-order valence-electron chi connectivity index (χ4n) is 3.64. The first-order valence-electron chi connectivity index (χ1n) is 10.1. The van der Waals surface area contributed by atoms with E-state index in [0.717, 1.165) is 43.9 Å². The van der Waals surface area contributed by atoms with Gasteiger partial charge in [-0.2, -0.15) is 0 Å². The van der Waals surface area contributed by atoms with Crippen molar-refractivity contribution in [2.45, 2.75) is 26.5 Å². The Kier molecular flexibility index (Phi) is 7.46. The van der Waals surface area contributed by atoms with Crippen LogP contribution in [0.1, 0.15) is 24.5 Å². The first-order chi connectivity index (χ1) is 13.6. The standard InChI is InChI=1S/C23H31N3O2/c1-3-28-18-20-9-11-22(12-10-20)24-23(27)25(2)15-21-13-14-26(17-21)16-19-7-5-4-6-8-19/h4-12,21H,3,13-18H2,1-2H3,(H,24,27)/t21-/m1/s1. The fraction of sp³-hybridized carbons (Fsp3) is 0.435. The molecule has 2 amide bonds. The second-order valence-corrected chi connectivity index (χ2v) is 7.52. The lowest BCUT2D eigenvalue weighted by atomic mass is 10.1. The van der Waals surface area contributed by atoms with Crippen LogP contribution in [0.2, 0.25) is 0 Å². The monoisotopic (exact) mass is 381 g/mol. The number of benzene rings is 2. The summed E-state index contributed by atoms with van der Waals surface area (Å²) >= 11 is 0. The molecule has 0 unspecified atom stereocenters. The van der Waals surface area contributed by atoms with Gasteiger partial charge in [-0.05, 0) is 49.1 Å². The van der Waals surface area contributed by atoms with Crippen molar-refractivity contribution in [1.82, 2.24) is 9.80 Å². The van der Waals surface area contributed by atoms with E-state index in [1.54, 1.807) is 4.90 Å². The van der Waals surface area contributed by atoms with Crippen molar-refractivity contribution in [3.63, 3.8) is 0 Å². The molecule has 0 saturated carbocycles. The Bertz CT molecular complexity index is 733. The van der Waals surface area contributed by atoms with Crippen molar-refractivity contribution in [2.24, 2.45) is 5.92 Å². The van der Waals surface area contributed by atoms with Crippen molar-refractivity contribution in [1.29, 1.82) is 0 Å². The van der Waals surface area contributed by atoms with E-state index in [9.17, 15) is 4.79 Å². The number of urea groups is 1. The highest BCUT2D eigenvalue weighted by Gasteiger charge is 2.25. The number of likely N-dealkylation sites (tertiary alicyclic amines) is 1. The predicted octanol–water partition coefficient (Wildman–Crippen LogP) is 4.21. The number of carbonyl (C=O) groups excluding carboxylic acids is 1. The predicted molar refractivity (Wildman–Crippen MR) is 113 cm³/mol. The van der Waals surface area contributed by atoms with E-state index >= 15 is 0 Å². The zero-order valence-corrected chi connectivity index (χ0v) is 16.9. The quantitative estimate of drug-likeness (QED) is 0.745. The molecule has 1 aliphatic heterocycles. The lowest BCUT2D eigenvalue weighted by Crippen LogP contribution is -2.36. The Morgan fingerprint density at radius 3 is 2.61 bits per heavy atom. The molecule has 0 spiro atoms. The molecule has 1 atom stereocenters. The number of ether oxygens (including phenoxy) is 1. The molecule has 1 N–H and O–H groups in total. The largest absolute Gasteiger partial charge is 0.377 e. The summed E-state index contributed by atoms with van der Waals surface area (Å²) in [6.45, 7) is 7.19. The summed E-state index contributed by atoms with van der Waals surface area (Å²) < 4.78 is 5.40.